The first-order chi connectivity index (χ1) is 9.88. The summed E-state index contributed by atoms with van der Waals surface area (Å²) in [6.45, 7) is 3.23. The van der Waals surface area contributed by atoms with Gasteiger partial charge in [-0.2, -0.15) is 0 Å². The lowest BCUT2D eigenvalue weighted by atomic mass is 9.91. The number of hydrazine groups is 1. The van der Waals surface area contributed by atoms with Crippen molar-refractivity contribution in [2.75, 3.05) is 19.3 Å². The average molecular weight is 332 g/mol. The summed E-state index contributed by atoms with van der Waals surface area (Å²) in [5.41, 5.74) is 3.91. The van der Waals surface area contributed by atoms with Crippen molar-refractivity contribution in [3.8, 4) is 0 Å². The third-order valence-electron chi connectivity index (χ3n) is 3.93. The summed E-state index contributed by atoms with van der Waals surface area (Å²) in [4.78, 5) is 4.46. The van der Waals surface area contributed by atoms with Gasteiger partial charge in [-0.05, 0) is 32.1 Å². The Morgan fingerprint density at radius 2 is 2.38 bits per heavy atom. The second kappa shape index (κ2) is 7.15. The number of rotatable bonds is 6. The summed E-state index contributed by atoms with van der Waals surface area (Å²) in [6.07, 6.45) is 4.92. The molecule has 0 saturated carbocycles. The van der Waals surface area contributed by atoms with Gasteiger partial charge in [0.25, 0.3) is 0 Å². The predicted octanol–water partition coefficient (Wildman–Crippen LogP) is 0.888. The molecular weight excluding hydrogens is 308 g/mol. The van der Waals surface area contributed by atoms with Gasteiger partial charge in [-0.25, -0.2) is 17.7 Å². The maximum Gasteiger partial charge on any atom is 0.211 e. The molecule has 2 atom stereocenters. The molecule has 0 spiro atoms. The molecule has 2 rings (SSSR count). The molecule has 2 heterocycles. The summed E-state index contributed by atoms with van der Waals surface area (Å²) >= 11 is 1.64. The van der Waals surface area contributed by atoms with Crippen molar-refractivity contribution in [1.82, 2.24) is 14.7 Å². The molecule has 8 heteroatoms. The van der Waals surface area contributed by atoms with Crippen LogP contribution >= 0.6 is 11.3 Å². The van der Waals surface area contributed by atoms with Gasteiger partial charge in [0.05, 0.1) is 17.0 Å². The van der Waals surface area contributed by atoms with E-state index in [0.29, 0.717) is 19.0 Å². The standard InChI is InChI=1S/C13H24N4O2S2/c1-10-15-13(9-20-10)7-12(16-14)6-11-4-3-5-17(8-11)21(2,18)19/h9,11-12,16H,3-8,14H2,1-2H3. The van der Waals surface area contributed by atoms with Crippen molar-refractivity contribution < 1.29 is 8.42 Å². The number of thiazole rings is 1. The van der Waals surface area contributed by atoms with Crippen molar-refractivity contribution in [3.63, 3.8) is 0 Å². The van der Waals surface area contributed by atoms with Crippen molar-refractivity contribution >= 4 is 21.4 Å². The Balaban J connectivity index is 1.92. The molecule has 0 aliphatic carbocycles. The van der Waals surface area contributed by atoms with E-state index in [1.807, 2.05) is 6.92 Å². The first-order valence-electron chi connectivity index (χ1n) is 7.20. The molecule has 3 N–H and O–H groups in total. The highest BCUT2D eigenvalue weighted by atomic mass is 32.2. The lowest BCUT2D eigenvalue weighted by Gasteiger charge is -2.32. The van der Waals surface area contributed by atoms with Crippen molar-refractivity contribution in [1.29, 1.82) is 0 Å². The number of nitrogens with zero attached hydrogens (tertiary/aromatic N) is 2. The van der Waals surface area contributed by atoms with Gasteiger partial charge in [0.1, 0.15) is 0 Å². The van der Waals surface area contributed by atoms with Crippen molar-refractivity contribution in [3.05, 3.63) is 16.1 Å². The molecule has 6 nitrogen and oxygen atoms in total. The number of aryl methyl sites for hydroxylation is 1. The topological polar surface area (TPSA) is 88.3 Å². The van der Waals surface area contributed by atoms with Crippen LogP contribution in [0.15, 0.2) is 5.38 Å². The van der Waals surface area contributed by atoms with Gasteiger partial charge in [-0.1, -0.05) is 0 Å². The van der Waals surface area contributed by atoms with E-state index in [0.717, 1.165) is 36.4 Å². The normalized spacial score (nSPS) is 22.3. The quantitative estimate of drug-likeness (QED) is 0.596. The third kappa shape index (κ3) is 5.00. The molecule has 21 heavy (non-hydrogen) atoms. The van der Waals surface area contributed by atoms with Crippen LogP contribution < -0.4 is 11.3 Å². The van der Waals surface area contributed by atoms with Crippen molar-refractivity contribution in [2.24, 2.45) is 11.8 Å². The van der Waals surface area contributed by atoms with Gasteiger partial charge in [-0.15, -0.1) is 11.3 Å². The molecule has 1 aliphatic rings. The monoisotopic (exact) mass is 332 g/mol. The number of nitrogens with two attached hydrogens (primary N) is 1. The van der Waals surface area contributed by atoms with E-state index in [2.05, 4.69) is 15.8 Å². The SMILES string of the molecule is Cc1nc(CC(CC2CCCN(S(C)(=O)=O)C2)NN)cs1. The fourth-order valence-electron chi connectivity index (χ4n) is 2.89. The zero-order valence-corrected chi connectivity index (χ0v) is 14.2. The van der Waals surface area contributed by atoms with E-state index in [1.165, 1.54) is 6.26 Å². The first-order valence-corrected chi connectivity index (χ1v) is 9.93. The molecule has 120 valence electrons. The second-order valence-electron chi connectivity index (χ2n) is 5.79. The number of nitrogens with one attached hydrogen (secondary N) is 1. The number of hydrogen-bond donors (Lipinski definition) is 2. The van der Waals surface area contributed by atoms with Crippen LogP contribution in [0.5, 0.6) is 0 Å². The van der Waals surface area contributed by atoms with Crippen LogP contribution in [0, 0.1) is 12.8 Å². The van der Waals surface area contributed by atoms with E-state index in [4.69, 9.17) is 5.84 Å². The summed E-state index contributed by atoms with van der Waals surface area (Å²) < 4.78 is 24.9. The molecule has 0 bridgehead atoms. The van der Waals surface area contributed by atoms with Gasteiger partial charge in [0.15, 0.2) is 0 Å². The molecule has 1 aliphatic heterocycles. The summed E-state index contributed by atoms with van der Waals surface area (Å²) in [5.74, 6) is 6.01. The van der Waals surface area contributed by atoms with Gasteiger partial charge in [-0.3, -0.25) is 11.3 Å². The second-order valence-corrected chi connectivity index (χ2v) is 8.84. The van der Waals surface area contributed by atoms with E-state index in [1.54, 1.807) is 15.6 Å². The number of sulfonamides is 1. The molecule has 2 unspecified atom stereocenters. The fourth-order valence-corrected chi connectivity index (χ4v) is 4.46. The minimum Gasteiger partial charge on any atom is -0.271 e. The highest BCUT2D eigenvalue weighted by Gasteiger charge is 2.27. The van der Waals surface area contributed by atoms with Crippen LogP contribution in [-0.4, -0.2) is 43.1 Å². The van der Waals surface area contributed by atoms with Crippen LogP contribution in [0.25, 0.3) is 0 Å². The van der Waals surface area contributed by atoms with Gasteiger partial charge in [0, 0.05) is 30.9 Å². The summed E-state index contributed by atoms with van der Waals surface area (Å²) in [6, 6.07) is 0.135. The largest absolute Gasteiger partial charge is 0.271 e. The van der Waals surface area contributed by atoms with E-state index >= 15 is 0 Å². The van der Waals surface area contributed by atoms with Crippen LogP contribution in [0.2, 0.25) is 0 Å². The highest BCUT2D eigenvalue weighted by molar-refractivity contribution is 7.88. The van der Waals surface area contributed by atoms with Crippen LogP contribution in [0.3, 0.4) is 0 Å². The smallest absolute Gasteiger partial charge is 0.211 e. The lowest BCUT2D eigenvalue weighted by Crippen LogP contribution is -2.44. The molecular formula is C13H24N4O2S2. The number of hydrogen-bond acceptors (Lipinski definition) is 6. The van der Waals surface area contributed by atoms with E-state index < -0.39 is 10.0 Å². The fraction of sp³-hybridized carbons (Fsp3) is 0.769. The first kappa shape index (κ1) is 16.8. The maximum absolute atomic E-state index is 11.7. The Bertz CT molecular complexity index is 558. The van der Waals surface area contributed by atoms with Gasteiger partial charge < -0.3 is 0 Å². The predicted molar refractivity (Wildman–Crippen MR) is 85.4 cm³/mol. The minimum absolute atomic E-state index is 0.135. The number of piperidine rings is 1. The minimum atomic E-state index is -3.09. The van der Waals surface area contributed by atoms with E-state index in [-0.39, 0.29) is 6.04 Å². The average Bonchev–Trinajstić information content (AvgIpc) is 2.83. The molecule has 0 amide bonds. The van der Waals surface area contributed by atoms with Gasteiger partial charge >= 0.3 is 0 Å². The summed E-state index contributed by atoms with van der Waals surface area (Å²) in [5, 5.41) is 3.12. The van der Waals surface area contributed by atoms with Crippen LogP contribution in [0.4, 0.5) is 0 Å². The molecule has 0 radical (unpaired) electrons. The Morgan fingerprint density at radius 3 is 2.95 bits per heavy atom. The van der Waals surface area contributed by atoms with E-state index in [9.17, 15) is 8.42 Å². The van der Waals surface area contributed by atoms with Gasteiger partial charge in [0.2, 0.25) is 10.0 Å². The maximum atomic E-state index is 11.7. The Kier molecular flexibility index (Phi) is 5.73. The molecule has 1 aromatic rings. The highest BCUT2D eigenvalue weighted by Crippen LogP contribution is 2.23. The lowest BCUT2D eigenvalue weighted by molar-refractivity contribution is 0.237. The van der Waals surface area contributed by atoms with Crippen molar-refractivity contribution in [2.45, 2.75) is 38.6 Å². The molecule has 1 aromatic heterocycles. The number of aromatic nitrogens is 1. The molecule has 1 saturated heterocycles. The molecule has 0 aromatic carbocycles. The Morgan fingerprint density at radius 1 is 1.62 bits per heavy atom. The Hall–Kier alpha value is -0.540. The Labute approximate surface area is 130 Å². The van der Waals surface area contributed by atoms with Crippen LogP contribution in [-0.2, 0) is 16.4 Å². The summed E-state index contributed by atoms with van der Waals surface area (Å²) in [7, 11) is -3.09. The zero-order chi connectivity index (χ0) is 15.5. The van der Waals surface area contributed by atoms with Crippen LogP contribution in [0.1, 0.15) is 30.0 Å². The molecule has 1 fully saturated rings. The zero-order valence-electron chi connectivity index (χ0n) is 12.6. The third-order valence-corrected chi connectivity index (χ3v) is 6.02.